The number of aromatic nitrogens is 3. The Kier molecular flexibility index (Phi) is 5.69. The smallest absolute Gasteiger partial charge is 0.257 e. The maximum atomic E-state index is 12.1. The zero-order valence-electron chi connectivity index (χ0n) is 13.9. The van der Waals surface area contributed by atoms with Gasteiger partial charge in [0, 0.05) is 5.56 Å². The highest BCUT2D eigenvalue weighted by atomic mass is 32.2. The third kappa shape index (κ3) is 4.51. The van der Waals surface area contributed by atoms with Crippen LogP contribution >= 0.6 is 11.8 Å². The maximum absolute atomic E-state index is 12.1. The SMILES string of the molecule is COc1ccc(C(=O)NC(=O)CSc2nncn2Cc2ccco2)cc1. The van der Waals surface area contributed by atoms with Gasteiger partial charge < -0.3 is 13.7 Å². The van der Waals surface area contributed by atoms with Crippen LogP contribution in [-0.4, -0.2) is 39.4 Å². The first-order valence-corrected chi connectivity index (χ1v) is 8.65. The quantitative estimate of drug-likeness (QED) is 0.633. The summed E-state index contributed by atoms with van der Waals surface area (Å²) in [4.78, 5) is 24.1. The van der Waals surface area contributed by atoms with Gasteiger partial charge in [-0.15, -0.1) is 10.2 Å². The van der Waals surface area contributed by atoms with Crippen molar-refractivity contribution in [3.8, 4) is 5.75 Å². The maximum Gasteiger partial charge on any atom is 0.257 e. The lowest BCUT2D eigenvalue weighted by Crippen LogP contribution is -2.31. The zero-order valence-corrected chi connectivity index (χ0v) is 14.7. The molecule has 0 bridgehead atoms. The average molecular weight is 372 g/mol. The molecule has 3 rings (SSSR count). The van der Waals surface area contributed by atoms with Crippen LogP contribution in [0, 0.1) is 0 Å². The number of nitrogens with zero attached hydrogens (tertiary/aromatic N) is 3. The van der Waals surface area contributed by atoms with Gasteiger partial charge in [0.1, 0.15) is 17.8 Å². The third-order valence-electron chi connectivity index (χ3n) is 3.42. The first-order chi connectivity index (χ1) is 12.7. The van der Waals surface area contributed by atoms with E-state index < -0.39 is 11.8 Å². The van der Waals surface area contributed by atoms with Crippen molar-refractivity contribution in [1.29, 1.82) is 0 Å². The van der Waals surface area contributed by atoms with Gasteiger partial charge in [-0.05, 0) is 36.4 Å². The summed E-state index contributed by atoms with van der Waals surface area (Å²) < 4.78 is 12.1. The highest BCUT2D eigenvalue weighted by Crippen LogP contribution is 2.16. The number of rotatable bonds is 7. The van der Waals surface area contributed by atoms with Crippen LogP contribution in [0.2, 0.25) is 0 Å². The molecule has 0 radical (unpaired) electrons. The van der Waals surface area contributed by atoms with E-state index in [0.717, 1.165) is 5.76 Å². The summed E-state index contributed by atoms with van der Waals surface area (Å²) in [7, 11) is 1.54. The topological polar surface area (TPSA) is 99.2 Å². The van der Waals surface area contributed by atoms with Crippen LogP contribution in [0.15, 0.2) is 58.6 Å². The lowest BCUT2D eigenvalue weighted by molar-refractivity contribution is -0.117. The second-order valence-corrected chi connectivity index (χ2v) is 6.16. The Morgan fingerprint density at radius 1 is 1.27 bits per heavy atom. The van der Waals surface area contributed by atoms with Crippen molar-refractivity contribution >= 4 is 23.6 Å². The van der Waals surface area contributed by atoms with Crippen LogP contribution in [0.3, 0.4) is 0 Å². The molecular weight excluding hydrogens is 356 g/mol. The second-order valence-electron chi connectivity index (χ2n) is 5.22. The molecule has 0 atom stereocenters. The number of methoxy groups -OCH3 is 1. The van der Waals surface area contributed by atoms with Gasteiger partial charge >= 0.3 is 0 Å². The van der Waals surface area contributed by atoms with Gasteiger partial charge in [0.15, 0.2) is 5.16 Å². The molecular formula is C17H16N4O4S. The Balaban J connectivity index is 1.52. The summed E-state index contributed by atoms with van der Waals surface area (Å²) in [5, 5.41) is 10.7. The molecule has 2 aromatic heterocycles. The lowest BCUT2D eigenvalue weighted by atomic mass is 10.2. The Hall–Kier alpha value is -3.07. The molecule has 0 saturated heterocycles. The van der Waals surface area contributed by atoms with E-state index >= 15 is 0 Å². The number of benzene rings is 1. The predicted molar refractivity (Wildman–Crippen MR) is 94.0 cm³/mol. The van der Waals surface area contributed by atoms with E-state index in [1.54, 1.807) is 54.6 Å². The molecule has 8 nitrogen and oxygen atoms in total. The molecule has 1 aromatic carbocycles. The van der Waals surface area contributed by atoms with E-state index in [4.69, 9.17) is 9.15 Å². The Morgan fingerprint density at radius 2 is 2.08 bits per heavy atom. The van der Waals surface area contributed by atoms with Gasteiger partial charge in [-0.25, -0.2) is 0 Å². The summed E-state index contributed by atoms with van der Waals surface area (Å²) in [5.74, 6) is 0.558. The van der Waals surface area contributed by atoms with Crippen molar-refractivity contribution in [3.05, 3.63) is 60.3 Å². The number of ether oxygens (including phenoxy) is 1. The molecule has 0 aliphatic rings. The molecule has 2 heterocycles. The molecule has 2 amide bonds. The zero-order chi connectivity index (χ0) is 18.4. The summed E-state index contributed by atoms with van der Waals surface area (Å²) >= 11 is 1.19. The number of nitrogens with one attached hydrogen (secondary N) is 1. The third-order valence-corrected chi connectivity index (χ3v) is 4.40. The fourth-order valence-electron chi connectivity index (χ4n) is 2.14. The Labute approximate surface area is 153 Å². The number of furan rings is 1. The van der Waals surface area contributed by atoms with Crippen LogP contribution < -0.4 is 10.1 Å². The van der Waals surface area contributed by atoms with Crippen molar-refractivity contribution in [2.75, 3.05) is 12.9 Å². The standard InChI is InChI=1S/C17H16N4O4S/c1-24-13-6-4-12(5-7-13)16(23)19-15(22)10-26-17-20-18-11-21(17)9-14-3-2-8-25-14/h2-8,11H,9-10H2,1H3,(H,19,22,23). The molecule has 0 aliphatic heterocycles. The molecule has 26 heavy (non-hydrogen) atoms. The van der Waals surface area contributed by atoms with Crippen LogP contribution in [-0.2, 0) is 11.3 Å². The van der Waals surface area contributed by atoms with E-state index in [0.29, 0.717) is 23.0 Å². The number of thioether (sulfide) groups is 1. The van der Waals surface area contributed by atoms with E-state index in [2.05, 4.69) is 15.5 Å². The normalized spacial score (nSPS) is 10.5. The minimum Gasteiger partial charge on any atom is -0.497 e. The number of hydrogen-bond acceptors (Lipinski definition) is 7. The van der Waals surface area contributed by atoms with E-state index in [9.17, 15) is 9.59 Å². The van der Waals surface area contributed by atoms with Gasteiger partial charge in [-0.1, -0.05) is 11.8 Å². The van der Waals surface area contributed by atoms with Crippen LogP contribution in [0.5, 0.6) is 5.75 Å². The van der Waals surface area contributed by atoms with E-state index in [-0.39, 0.29) is 5.75 Å². The molecule has 3 aromatic rings. The largest absolute Gasteiger partial charge is 0.497 e. The molecule has 0 saturated carbocycles. The van der Waals surface area contributed by atoms with Crippen LogP contribution in [0.1, 0.15) is 16.1 Å². The van der Waals surface area contributed by atoms with Gasteiger partial charge in [-0.2, -0.15) is 0 Å². The number of hydrogen-bond donors (Lipinski definition) is 1. The summed E-state index contributed by atoms with van der Waals surface area (Å²) in [6, 6.07) is 10.1. The summed E-state index contributed by atoms with van der Waals surface area (Å²) in [5.41, 5.74) is 0.380. The number of amides is 2. The highest BCUT2D eigenvalue weighted by Gasteiger charge is 2.13. The van der Waals surface area contributed by atoms with Gasteiger partial charge in [0.25, 0.3) is 5.91 Å². The van der Waals surface area contributed by atoms with E-state index in [1.165, 1.54) is 11.8 Å². The fraction of sp³-hybridized carbons (Fsp3) is 0.176. The first-order valence-electron chi connectivity index (χ1n) is 7.67. The average Bonchev–Trinajstić information content (AvgIpc) is 3.32. The van der Waals surface area contributed by atoms with Crippen LogP contribution in [0.25, 0.3) is 0 Å². The van der Waals surface area contributed by atoms with Crippen molar-refractivity contribution in [3.63, 3.8) is 0 Å². The summed E-state index contributed by atoms with van der Waals surface area (Å²) in [6.07, 6.45) is 3.15. The minimum atomic E-state index is -0.463. The van der Waals surface area contributed by atoms with Gasteiger partial charge in [0.2, 0.25) is 5.91 Å². The molecule has 0 aliphatic carbocycles. The van der Waals surface area contributed by atoms with Gasteiger partial charge in [0.05, 0.1) is 25.7 Å². The number of carbonyl (C=O) groups is 2. The van der Waals surface area contributed by atoms with E-state index in [1.807, 2.05) is 6.07 Å². The van der Waals surface area contributed by atoms with Gasteiger partial charge in [-0.3, -0.25) is 14.9 Å². The monoisotopic (exact) mass is 372 g/mol. The second kappa shape index (κ2) is 8.34. The Bertz CT molecular complexity index is 875. The van der Waals surface area contributed by atoms with Crippen molar-refractivity contribution in [2.45, 2.75) is 11.7 Å². The predicted octanol–water partition coefficient (Wildman–Crippen LogP) is 1.98. The molecule has 0 spiro atoms. The minimum absolute atomic E-state index is 0.0404. The molecule has 134 valence electrons. The van der Waals surface area contributed by atoms with Crippen molar-refractivity contribution < 1.29 is 18.7 Å². The number of carbonyl (C=O) groups excluding carboxylic acids is 2. The molecule has 1 N–H and O–H groups in total. The first kappa shape index (κ1) is 17.7. The fourth-order valence-corrected chi connectivity index (χ4v) is 2.86. The summed E-state index contributed by atoms with van der Waals surface area (Å²) in [6.45, 7) is 0.467. The lowest BCUT2D eigenvalue weighted by Gasteiger charge is -2.06. The molecule has 0 fully saturated rings. The molecule has 9 heteroatoms. The van der Waals surface area contributed by atoms with Crippen LogP contribution in [0.4, 0.5) is 0 Å². The Morgan fingerprint density at radius 3 is 2.77 bits per heavy atom. The number of imide groups is 1. The van der Waals surface area contributed by atoms with Crippen molar-refractivity contribution in [1.82, 2.24) is 20.1 Å². The van der Waals surface area contributed by atoms with Crippen molar-refractivity contribution in [2.24, 2.45) is 0 Å². The molecule has 0 unspecified atom stereocenters. The highest BCUT2D eigenvalue weighted by molar-refractivity contribution is 7.99.